The standard InChI is InChI=1S/C27H27N3O4S2/c1-2-34-27(33)24-20-12-13-29(15-17-6-4-3-5-7-17)16-22(20)36-26(24)30-23(31)14-21(25(30)32)35-19-10-8-18(28)9-11-19/h3-11,21H,2,12-16,28H2,1H3. The van der Waals surface area contributed by atoms with Crippen LogP contribution in [0.2, 0.25) is 0 Å². The second kappa shape index (κ2) is 10.5. The highest BCUT2D eigenvalue weighted by molar-refractivity contribution is 8.00. The topological polar surface area (TPSA) is 92.9 Å². The molecule has 0 radical (unpaired) electrons. The van der Waals surface area contributed by atoms with E-state index in [2.05, 4.69) is 17.0 Å². The molecule has 3 heterocycles. The Balaban J connectivity index is 1.43. The van der Waals surface area contributed by atoms with Gasteiger partial charge < -0.3 is 10.5 Å². The highest BCUT2D eigenvalue weighted by atomic mass is 32.2. The van der Waals surface area contributed by atoms with Gasteiger partial charge in [0.1, 0.15) is 5.00 Å². The second-order valence-corrected chi connectivity index (χ2v) is 11.2. The Morgan fingerprint density at radius 3 is 2.61 bits per heavy atom. The van der Waals surface area contributed by atoms with Crippen LogP contribution in [0.25, 0.3) is 0 Å². The van der Waals surface area contributed by atoms with Crippen molar-refractivity contribution in [3.8, 4) is 0 Å². The molecule has 2 aromatic carbocycles. The first-order valence-corrected chi connectivity index (χ1v) is 13.6. The van der Waals surface area contributed by atoms with E-state index in [0.29, 0.717) is 29.2 Å². The Morgan fingerprint density at radius 2 is 1.89 bits per heavy atom. The summed E-state index contributed by atoms with van der Waals surface area (Å²) in [7, 11) is 0. The van der Waals surface area contributed by atoms with Gasteiger partial charge in [-0.05, 0) is 48.7 Å². The van der Waals surface area contributed by atoms with Crippen LogP contribution in [-0.4, -0.2) is 41.1 Å². The van der Waals surface area contributed by atoms with Gasteiger partial charge in [-0.1, -0.05) is 30.3 Å². The lowest BCUT2D eigenvalue weighted by Crippen LogP contribution is -2.32. The van der Waals surface area contributed by atoms with E-state index in [9.17, 15) is 14.4 Å². The number of carbonyl (C=O) groups is 3. The highest BCUT2D eigenvalue weighted by Gasteiger charge is 2.44. The average molecular weight is 522 g/mol. The number of rotatable bonds is 7. The predicted octanol–water partition coefficient (Wildman–Crippen LogP) is 4.49. The predicted molar refractivity (Wildman–Crippen MR) is 142 cm³/mol. The van der Waals surface area contributed by atoms with Crippen LogP contribution in [0, 0.1) is 0 Å². The van der Waals surface area contributed by atoms with E-state index >= 15 is 0 Å². The molecule has 1 aromatic heterocycles. The van der Waals surface area contributed by atoms with Crippen LogP contribution in [0.1, 0.15) is 39.7 Å². The molecule has 0 saturated carbocycles. The molecule has 7 nitrogen and oxygen atoms in total. The van der Waals surface area contributed by atoms with Gasteiger partial charge in [-0.3, -0.25) is 14.5 Å². The van der Waals surface area contributed by atoms with Gasteiger partial charge in [-0.2, -0.15) is 0 Å². The number of thiophene rings is 1. The fourth-order valence-electron chi connectivity index (χ4n) is 4.61. The molecule has 0 spiro atoms. The molecular formula is C27H27N3O4S2. The molecule has 1 saturated heterocycles. The monoisotopic (exact) mass is 521 g/mol. The Hall–Kier alpha value is -3.14. The molecule has 5 rings (SSSR count). The number of benzene rings is 2. The van der Waals surface area contributed by atoms with Crippen LogP contribution in [0.5, 0.6) is 0 Å². The van der Waals surface area contributed by atoms with Crippen molar-refractivity contribution in [3.63, 3.8) is 0 Å². The van der Waals surface area contributed by atoms with Crippen molar-refractivity contribution in [1.29, 1.82) is 0 Å². The summed E-state index contributed by atoms with van der Waals surface area (Å²) in [4.78, 5) is 45.0. The lowest BCUT2D eigenvalue weighted by molar-refractivity contribution is -0.121. The minimum atomic E-state index is -0.551. The molecule has 186 valence electrons. The van der Waals surface area contributed by atoms with Crippen molar-refractivity contribution in [2.24, 2.45) is 0 Å². The van der Waals surface area contributed by atoms with Crippen LogP contribution in [0.4, 0.5) is 10.7 Å². The van der Waals surface area contributed by atoms with E-state index in [1.54, 1.807) is 19.1 Å². The number of anilines is 2. The van der Waals surface area contributed by atoms with Crippen LogP contribution in [0.3, 0.4) is 0 Å². The minimum Gasteiger partial charge on any atom is -0.462 e. The number of nitrogens with zero attached hydrogens (tertiary/aromatic N) is 2. The third-order valence-electron chi connectivity index (χ3n) is 6.31. The Labute approximate surface area is 218 Å². The van der Waals surface area contributed by atoms with Crippen molar-refractivity contribution in [2.75, 3.05) is 23.8 Å². The van der Waals surface area contributed by atoms with E-state index < -0.39 is 11.2 Å². The zero-order chi connectivity index (χ0) is 25.2. The maximum atomic E-state index is 13.4. The smallest absolute Gasteiger partial charge is 0.341 e. The van der Waals surface area contributed by atoms with Gasteiger partial charge >= 0.3 is 5.97 Å². The number of hydrogen-bond donors (Lipinski definition) is 1. The van der Waals surface area contributed by atoms with Crippen molar-refractivity contribution >= 4 is 51.6 Å². The first kappa shape index (κ1) is 24.5. The summed E-state index contributed by atoms with van der Waals surface area (Å²) in [6.07, 6.45) is 0.742. The number of hydrogen-bond acceptors (Lipinski definition) is 8. The first-order chi connectivity index (χ1) is 17.4. The fourth-order valence-corrected chi connectivity index (χ4v) is 7.06. The maximum Gasteiger partial charge on any atom is 0.341 e. The molecule has 36 heavy (non-hydrogen) atoms. The number of fused-ring (bicyclic) bond motifs is 1. The third-order valence-corrected chi connectivity index (χ3v) is 8.71. The van der Waals surface area contributed by atoms with Gasteiger partial charge in [0.25, 0.3) is 0 Å². The van der Waals surface area contributed by atoms with Crippen molar-refractivity contribution in [1.82, 2.24) is 4.90 Å². The summed E-state index contributed by atoms with van der Waals surface area (Å²) in [5.74, 6) is -1.07. The van der Waals surface area contributed by atoms with Crippen LogP contribution < -0.4 is 10.6 Å². The summed E-state index contributed by atoms with van der Waals surface area (Å²) in [6, 6.07) is 17.5. The Morgan fingerprint density at radius 1 is 1.14 bits per heavy atom. The van der Waals surface area contributed by atoms with Crippen molar-refractivity contribution in [2.45, 2.75) is 43.0 Å². The molecule has 1 atom stereocenters. The molecule has 3 aromatic rings. The largest absolute Gasteiger partial charge is 0.462 e. The highest BCUT2D eigenvalue weighted by Crippen LogP contribution is 2.43. The van der Waals surface area contributed by atoms with Gasteiger partial charge in [-0.25, -0.2) is 9.69 Å². The van der Waals surface area contributed by atoms with Gasteiger partial charge in [-0.15, -0.1) is 23.1 Å². The number of nitrogens with two attached hydrogens (primary N) is 1. The summed E-state index contributed by atoms with van der Waals surface area (Å²) >= 11 is 2.71. The fraction of sp³-hybridized carbons (Fsp3) is 0.296. The number of imide groups is 1. The number of thioether (sulfide) groups is 1. The molecule has 2 amide bonds. The number of amides is 2. The summed E-state index contributed by atoms with van der Waals surface area (Å²) in [5.41, 5.74) is 8.89. The minimum absolute atomic E-state index is 0.0822. The summed E-state index contributed by atoms with van der Waals surface area (Å²) < 4.78 is 5.37. The van der Waals surface area contributed by atoms with E-state index in [-0.39, 0.29) is 24.8 Å². The molecular weight excluding hydrogens is 494 g/mol. The quantitative estimate of drug-likeness (QED) is 0.278. The number of ether oxygens (including phenoxy) is 1. The number of nitrogen functional groups attached to an aromatic ring is 1. The molecule has 0 aliphatic carbocycles. The Kier molecular flexibility index (Phi) is 7.13. The average Bonchev–Trinajstić information content (AvgIpc) is 3.37. The second-order valence-electron chi connectivity index (χ2n) is 8.80. The molecule has 0 bridgehead atoms. The van der Waals surface area contributed by atoms with Crippen LogP contribution in [0.15, 0.2) is 59.5 Å². The maximum absolute atomic E-state index is 13.4. The van der Waals surface area contributed by atoms with Gasteiger partial charge in [0.05, 0.1) is 17.4 Å². The summed E-state index contributed by atoms with van der Waals surface area (Å²) in [6.45, 7) is 4.21. The summed E-state index contributed by atoms with van der Waals surface area (Å²) in [5, 5.41) is -0.153. The van der Waals surface area contributed by atoms with Gasteiger partial charge in [0.15, 0.2) is 0 Å². The van der Waals surface area contributed by atoms with E-state index in [0.717, 1.165) is 28.4 Å². The van der Waals surface area contributed by atoms with Crippen LogP contribution in [-0.2, 0) is 33.8 Å². The molecule has 1 unspecified atom stereocenters. The lowest BCUT2D eigenvalue weighted by Gasteiger charge is -2.27. The SMILES string of the molecule is CCOC(=O)c1c(N2C(=O)CC(Sc3ccc(N)cc3)C2=O)sc2c1CCN(Cc1ccccc1)C2. The zero-order valence-electron chi connectivity index (χ0n) is 19.9. The van der Waals surface area contributed by atoms with Crippen LogP contribution >= 0.6 is 23.1 Å². The first-order valence-electron chi connectivity index (χ1n) is 11.9. The van der Waals surface area contributed by atoms with E-state index in [1.165, 1.54) is 33.6 Å². The van der Waals surface area contributed by atoms with E-state index in [1.807, 2.05) is 30.3 Å². The molecule has 2 aliphatic rings. The number of esters is 1. The van der Waals surface area contributed by atoms with Crippen molar-refractivity contribution < 1.29 is 19.1 Å². The molecule has 2 aliphatic heterocycles. The number of carbonyl (C=O) groups excluding carboxylic acids is 3. The molecule has 1 fully saturated rings. The Bertz CT molecular complexity index is 1290. The van der Waals surface area contributed by atoms with Gasteiger partial charge in [0, 0.05) is 41.5 Å². The molecule has 9 heteroatoms. The normalized spacial score (nSPS) is 17.9. The van der Waals surface area contributed by atoms with E-state index in [4.69, 9.17) is 10.5 Å². The van der Waals surface area contributed by atoms with Gasteiger partial charge in [0.2, 0.25) is 11.8 Å². The zero-order valence-corrected chi connectivity index (χ0v) is 21.6. The third kappa shape index (κ3) is 4.91. The van der Waals surface area contributed by atoms with Crippen molar-refractivity contribution in [3.05, 3.63) is 76.2 Å². The lowest BCUT2D eigenvalue weighted by atomic mass is 10.0. The molecule has 2 N–H and O–H groups in total.